The van der Waals surface area contributed by atoms with Crippen molar-refractivity contribution in [3.63, 3.8) is 0 Å². The smallest absolute Gasteiger partial charge is 0.251 e. The van der Waals surface area contributed by atoms with E-state index in [-0.39, 0.29) is 11.9 Å². The number of halogens is 1. The molecule has 1 unspecified atom stereocenters. The number of nitrogens with zero attached hydrogens (tertiary/aromatic N) is 2. The minimum Gasteiger partial charge on any atom is -0.347 e. The largest absolute Gasteiger partial charge is 0.347 e. The minimum atomic E-state index is -0.0164. The van der Waals surface area contributed by atoms with Crippen LogP contribution in [0.5, 0.6) is 0 Å². The lowest BCUT2D eigenvalue weighted by atomic mass is 10.2. The molecule has 1 aromatic heterocycles. The third-order valence-electron chi connectivity index (χ3n) is 3.30. The quantitative estimate of drug-likeness (QED) is 0.924. The van der Waals surface area contributed by atoms with Gasteiger partial charge in [0, 0.05) is 40.7 Å². The standard InChI is InChI=1S/C14H14BrN3OS/c15-11-3-1-2-10(8-11)13(19)17-12-4-6-18(9-12)14-16-5-7-20-14/h1-3,5,7-8,12H,4,6,9H2,(H,17,19). The van der Waals surface area contributed by atoms with E-state index in [9.17, 15) is 4.79 Å². The number of hydrogen-bond acceptors (Lipinski definition) is 4. The highest BCUT2D eigenvalue weighted by atomic mass is 79.9. The number of hydrogen-bond donors (Lipinski definition) is 1. The van der Waals surface area contributed by atoms with Crippen LogP contribution in [0.3, 0.4) is 0 Å². The van der Waals surface area contributed by atoms with Gasteiger partial charge in [-0.15, -0.1) is 11.3 Å². The van der Waals surface area contributed by atoms with E-state index in [4.69, 9.17) is 0 Å². The number of amides is 1. The molecule has 1 fully saturated rings. The zero-order chi connectivity index (χ0) is 13.9. The number of carbonyl (C=O) groups is 1. The summed E-state index contributed by atoms with van der Waals surface area (Å²) in [6.07, 6.45) is 2.77. The fourth-order valence-corrected chi connectivity index (χ4v) is 3.40. The average molecular weight is 352 g/mol. The van der Waals surface area contributed by atoms with E-state index < -0.39 is 0 Å². The van der Waals surface area contributed by atoms with Gasteiger partial charge in [0.25, 0.3) is 5.91 Å². The first kappa shape index (κ1) is 13.6. The molecular formula is C14H14BrN3OS. The van der Waals surface area contributed by atoms with Crippen LogP contribution in [0.4, 0.5) is 5.13 Å². The molecule has 0 radical (unpaired) electrons. The Morgan fingerprint density at radius 1 is 1.50 bits per heavy atom. The number of thiazole rings is 1. The molecule has 1 amide bonds. The number of aromatic nitrogens is 1. The summed E-state index contributed by atoms with van der Waals surface area (Å²) in [4.78, 5) is 18.7. The van der Waals surface area contributed by atoms with Gasteiger partial charge in [-0.05, 0) is 24.6 Å². The van der Waals surface area contributed by atoms with Crippen LogP contribution in [0.15, 0.2) is 40.3 Å². The van der Waals surface area contributed by atoms with Crippen molar-refractivity contribution in [1.29, 1.82) is 0 Å². The Bertz CT molecular complexity index is 602. The predicted molar refractivity (Wildman–Crippen MR) is 84.3 cm³/mol. The van der Waals surface area contributed by atoms with Crippen molar-refractivity contribution < 1.29 is 4.79 Å². The lowest BCUT2D eigenvalue weighted by Crippen LogP contribution is -2.37. The Balaban J connectivity index is 1.61. The Kier molecular flexibility index (Phi) is 4.03. The van der Waals surface area contributed by atoms with Gasteiger partial charge in [-0.1, -0.05) is 22.0 Å². The van der Waals surface area contributed by atoms with E-state index in [1.54, 1.807) is 11.3 Å². The number of benzene rings is 1. The van der Waals surface area contributed by atoms with Crippen LogP contribution in [0, 0.1) is 0 Å². The zero-order valence-electron chi connectivity index (χ0n) is 10.8. The first-order chi connectivity index (χ1) is 9.72. The predicted octanol–water partition coefficient (Wildman–Crippen LogP) is 2.91. The molecule has 1 N–H and O–H groups in total. The Hall–Kier alpha value is -1.40. The second kappa shape index (κ2) is 5.93. The van der Waals surface area contributed by atoms with Gasteiger partial charge in [-0.2, -0.15) is 0 Å². The molecule has 0 aliphatic carbocycles. The maximum Gasteiger partial charge on any atom is 0.251 e. The topological polar surface area (TPSA) is 45.2 Å². The number of rotatable bonds is 3. The molecule has 4 nitrogen and oxygen atoms in total. The Labute approximate surface area is 130 Å². The Morgan fingerprint density at radius 2 is 2.40 bits per heavy atom. The average Bonchev–Trinajstić information content (AvgIpc) is 3.08. The summed E-state index contributed by atoms with van der Waals surface area (Å²) in [6, 6.07) is 7.63. The maximum absolute atomic E-state index is 12.2. The third kappa shape index (κ3) is 3.02. The van der Waals surface area contributed by atoms with Gasteiger partial charge in [0.2, 0.25) is 0 Å². The van der Waals surface area contributed by atoms with E-state index in [1.165, 1.54) is 0 Å². The van der Waals surface area contributed by atoms with Gasteiger partial charge in [0.05, 0.1) is 0 Å². The highest BCUT2D eigenvalue weighted by molar-refractivity contribution is 9.10. The monoisotopic (exact) mass is 351 g/mol. The first-order valence-electron chi connectivity index (χ1n) is 6.43. The van der Waals surface area contributed by atoms with Crippen molar-refractivity contribution >= 4 is 38.3 Å². The van der Waals surface area contributed by atoms with Crippen LogP contribution >= 0.6 is 27.3 Å². The van der Waals surface area contributed by atoms with Crippen molar-refractivity contribution in [3.8, 4) is 0 Å². The molecular weight excluding hydrogens is 338 g/mol. The van der Waals surface area contributed by atoms with Crippen molar-refractivity contribution in [2.45, 2.75) is 12.5 Å². The maximum atomic E-state index is 12.2. The summed E-state index contributed by atoms with van der Waals surface area (Å²) in [5.41, 5.74) is 0.687. The molecule has 104 valence electrons. The second-order valence-corrected chi connectivity index (χ2v) is 6.52. The van der Waals surface area contributed by atoms with Crippen LogP contribution in [-0.2, 0) is 0 Å². The van der Waals surface area contributed by atoms with Crippen molar-refractivity contribution in [3.05, 3.63) is 45.9 Å². The molecule has 2 heterocycles. The molecule has 20 heavy (non-hydrogen) atoms. The van der Waals surface area contributed by atoms with Crippen LogP contribution in [0.1, 0.15) is 16.8 Å². The second-order valence-electron chi connectivity index (χ2n) is 4.73. The van der Waals surface area contributed by atoms with E-state index in [0.29, 0.717) is 5.56 Å². The summed E-state index contributed by atoms with van der Waals surface area (Å²) in [5.74, 6) is -0.0164. The number of nitrogens with one attached hydrogen (secondary N) is 1. The Morgan fingerprint density at radius 3 is 3.15 bits per heavy atom. The van der Waals surface area contributed by atoms with Crippen LogP contribution in [0.25, 0.3) is 0 Å². The van der Waals surface area contributed by atoms with Gasteiger partial charge in [-0.3, -0.25) is 4.79 Å². The van der Waals surface area contributed by atoms with Crippen LogP contribution in [-0.4, -0.2) is 30.0 Å². The summed E-state index contributed by atoms with van der Waals surface area (Å²) >= 11 is 5.02. The summed E-state index contributed by atoms with van der Waals surface area (Å²) < 4.78 is 0.918. The minimum absolute atomic E-state index is 0.0164. The molecule has 0 bridgehead atoms. The highest BCUT2D eigenvalue weighted by Gasteiger charge is 2.25. The zero-order valence-corrected chi connectivity index (χ0v) is 13.2. The van der Waals surface area contributed by atoms with Crippen molar-refractivity contribution in [1.82, 2.24) is 10.3 Å². The molecule has 1 saturated heterocycles. The molecule has 2 aromatic rings. The lowest BCUT2D eigenvalue weighted by molar-refractivity contribution is 0.0940. The fraction of sp³-hybridized carbons (Fsp3) is 0.286. The summed E-state index contributed by atoms with van der Waals surface area (Å²) in [7, 11) is 0. The lowest BCUT2D eigenvalue weighted by Gasteiger charge is -2.15. The molecule has 0 saturated carbocycles. The van der Waals surface area contributed by atoms with Gasteiger partial charge in [0.15, 0.2) is 5.13 Å². The van der Waals surface area contributed by atoms with Crippen molar-refractivity contribution in [2.75, 3.05) is 18.0 Å². The third-order valence-corrected chi connectivity index (χ3v) is 4.63. The molecule has 0 spiro atoms. The van der Waals surface area contributed by atoms with Crippen LogP contribution < -0.4 is 10.2 Å². The molecule has 1 aliphatic rings. The first-order valence-corrected chi connectivity index (χ1v) is 8.10. The van der Waals surface area contributed by atoms with Gasteiger partial charge in [-0.25, -0.2) is 4.98 Å². The molecule has 6 heteroatoms. The normalized spacial score (nSPS) is 18.2. The summed E-state index contributed by atoms with van der Waals surface area (Å²) in [5, 5.41) is 6.10. The van der Waals surface area contributed by atoms with Gasteiger partial charge >= 0.3 is 0 Å². The van der Waals surface area contributed by atoms with E-state index >= 15 is 0 Å². The number of carbonyl (C=O) groups excluding carboxylic acids is 1. The van der Waals surface area contributed by atoms with Crippen LogP contribution in [0.2, 0.25) is 0 Å². The SMILES string of the molecule is O=C(NC1CCN(c2nccs2)C1)c1cccc(Br)c1. The van der Waals surface area contributed by atoms with E-state index in [2.05, 4.69) is 31.1 Å². The molecule has 1 aromatic carbocycles. The van der Waals surface area contributed by atoms with Gasteiger partial charge in [0.1, 0.15) is 0 Å². The fourth-order valence-electron chi connectivity index (χ4n) is 2.32. The van der Waals surface area contributed by atoms with Crippen molar-refractivity contribution in [2.24, 2.45) is 0 Å². The highest BCUT2D eigenvalue weighted by Crippen LogP contribution is 2.22. The number of anilines is 1. The van der Waals surface area contributed by atoms with E-state index in [0.717, 1.165) is 29.1 Å². The van der Waals surface area contributed by atoms with Gasteiger partial charge < -0.3 is 10.2 Å². The molecule has 1 atom stereocenters. The molecule has 3 rings (SSSR count). The molecule has 1 aliphatic heterocycles. The van der Waals surface area contributed by atoms with E-state index in [1.807, 2.05) is 35.8 Å². The summed E-state index contributed by atoms with van der Waals surface area (Å²) in [6.45, 7) is 1.77.